The van der Waals surface area contributed by atoms with Crippen LogP contribution in [-0.2, 0) is 13.1 Å². The van der Waals surface area contributed by atoms with Gasteiger partial charge < -0.3 is 15.7 Å². The maximum Gasteiger partial charge on any atom is 0.191 e. The zero-order valence-electron chi connectivity index (χ0n) is 17.5. The quantitative estimate of drug-likeness (QED) is 0.302. The van der Waals surface area contributed by atoms with Crippen molar-refractivity contribution in [3.8, 4) is 0 Å². The highest BCUT2D eigenvalue weighted by Gasteiger charge is 2.35. The van der Waals surface area contributed by atoms with Crippen LogP contribution in [-0.4, -0.2) is 40.0 Å². The van der Waals surface area contributed by atoms with Gasteiger partial charge in [-0.15, -0.1) is 24.0 Å². The zero-order valence-corrected chi connectivity index (χ0v) is 19.8. The molecule has 0 amide bonds. The van der Waals surface area contributed by atoms with Gasteiger partial charge in [0.25, 0.3) is 0 Å². The lowest BCUT2D eigenvalue weighted by Crippen LogP contribution is -2.48. The summed E-state index contributed by atoms with van der Waals surface area (Å²) in [6.45, 7) is 7.13. The number of aliphatic hydroxyl groups excluding tert-OH is 1. The van der Waals surface area contributed by atoms with E-state index in [1.165, 1.54) is 17.5 Å². The third kappa shape index (κ3) is 6.70. The van der Waals surface area contributed by atoms with Crippen LogP contribution in [0.25, 0.3) is 0 Å². The summed E-state index contributed by atoms with van der Waals surface area (Å²) < 4.78 is 1.93. The van der Waals surface area contributed by atoms with Crippen LogP contribution in [0.5, 0.6) is 0 Å². The molecule has 0 spiro atoms. The maximum atomic E-state index is 10.4. The van der Waals surface area contributed by atoms with Crippen molar-refractivity contribution >= 4 is 29.9 Å². The molecule has 2 unspecified atom stereocenters. The molecule has 1 aromatic carbocycles. The molecule has 0 aliphatic heterocycles. The van der Waals surface area contributed by atoms with Crippen molar-refractivity contribution < 1.29 is 5.11 Å². The standard InChI is InChI=1S/C22H33N5O.HI/c1-3-23-21(25-17-22(2)12-7-6-11-20(22)28)24-15-18-9-4-5-10-19(18)16-27-14-8-13-26-27;/h4-5,8-10,13-14,20,28H,3,6-7,11-12,15-17H2,1-2H3,(H2,23,24,25);1H. The Bertz CT molecular complexity index is 764. The molecular weight excluding hydrogens is 477 g/mol. The third-order valence-corrected chi connectivity index (χ3v) is 5.70. The van der Waals surface area contributed by atoms with Gasteiger partial charge in [0, 0.05) is 30.9 Å². The molecule has 0 bridgehead atoms. The molecule has 2 aromatic rings. The molecule has 1 saturated carbocycles. The number of aromatic nitrogens is 2. The van der Waals surface area contributed by atoms with Gasteiger partial charge in [-0.05, 0) is 37.0 Å². The number of nitrogens with one attached hydrogen (secondary N) is 2. The van der Waals surface area contributed by atoms with E-state index in [-0.39, 0.29) is 35.5 Å². The van der Waals surface area contributed by atoms with E-state index >= 15 is 0 Å². The SMILES string of the molecule is CCNC(=NCc1ccccc1Cn1cccn1)NCC1(C)CCCCC1O.I. The molecule has 1 aliphatic rings. The Morgan fingerprint density at radius 3 is 2.72 bits per heavy atom. The summed E-state index contributed by atoms with van der Waals surface area (Å²) in [4.78, 5) is 4.80. The Kier molecular flexibility index (Phi) is 9.42. The van der Waals surface area contributed by atoms with Crippen LogP contribution >= 0.6 is 24.0 Å². The van der Waals surface area contributed by atoms with Crippen LogP contribution in [0.1, 0.15) is 50.7 Å². The molecule has 6 nitrogen and oxygen atoms in total. The van der Waals surface area contributed by atoms with Crippen LogP contribution in [0.4, 0.5) is 0 Å². The lowest BCUT2D eigenvalue weighted by molar-refractivity contribution is 0.00397. The van der Waals surface area contributed by atoms with Gasteiger partial charge in [0.15, 0.2) is 5.96 Å². The molecule has 3 rings (SSSR count). The minimum atomic E-state index is -0.244. The van der Waals surface area contributed by atoms with Gasteiger partial charge >= 0.3 is 0 Å². The number of benzene rings is 1. The van der Waals surface area contributed by atoms with E-state index in [4.69, 9.17) is 4.99 Å². The first-order chi connectivity index (χ1) is 13.6. The van der Waals surface area contributed by atoms with Crippen molar-refractivity contribution in [2.75, 3.05) is 13.1 Å². The average molecular weight is 511 g/mol. The fourth-order valence-corrected chi connectivity index (χ4v) is 3.81. The molecule has 7 heteroatoms. The number of hydrogen-bond acceptors (Lipinski definition) is 3. The van der Waals surface area contributed by atoms with E-state index in [0.29, 0.717) is 6.54 Å². The third-order valence-electron chi connectivity index (χ3n) is 5.70. The lowest BCUT2D eigenvalue weighted by atomic mass is 9.73. The molecule has 0 saturated heterocycles. The number of halogens is 1. The van der Waals surface area contributed by atoms with Crippen molar-refractivity contribution in [2.24, 2.45) is 10.4 Å². The van der Waals surface area contributed by atoms with E-state index in [9.17, 15) is 5.11 Å². The van der Waals surface area contributed by atoms with E-state index < -0.39 is 0 Å². The van der Waals surface area contributed by atoms with Crippen LogP contribution in [0.15, 0.2) is 47.7 Å². The predicted octanol–water partition coefficient (Wildman–Crippen LogP) is 3.55. The second kappa shape index (κ2) is 11.5. The van der Waals surface area contributed by atoms with Gasteiger partial charge in [-0.2, -0.15) is 5.10 Å². The van der Waals surface area contributed by atoms with Gasteiger partial charge in [0.2, 0.25) is 0 Å². The second-order valence-corrected chi connectivity index (χ2v) is 7.94. The molecular formula is C22H34IN5O. The molecule has 1 fully saturated rings. The monoisotopic (exact) mass is 511 g/mol. The van der Waals surface area contributed by atoms with E-state index in [1.807, 2.05) is 16.9 Å². The van der Waals surface area contributed by atoms with Gasteiger partial charge in [-0.1, -0.05) is 44.0 Å². The maximum absolute atomic E-state index is 10.4. The Morgan fingerprint density at radius 1 is 1.24 bits per heavy atom. The molecule has 29 heavy (non-hydrogen) atoms. The highest BCUT2D eigenvalue weighted by Crippen LogP contribution is 2.35. The van der Waals surface area contributed by atoms with E-state index in [0.717, 1.165) is 44.9 Å². The van der Waals surface area contributed by atoms with Crippen LogP contribution in [0.2, 0.25) is 0 Å². The van der Waals surface area contributed by atoms with Gasteiger partial charge in [-0.25, -0.2) is 4.99 Å². The van der Waals surface area contributed by atoms with Crippen LogP contribution < -0.4 is 10.6 Å². The van der Waals surface area contributed by atoms with Crippen molar-refractivity contribution in [3.63, 3.8) is 0 Å². The number of guanidine groups is 1. The molecule has 0 radical (unpaired) electrons. The average Bonchev–Trinajstić information content (AvgIpc) is 3.21. The summed E-state index contributed by atoms with van der Waals surface area (Å²) in [6.07, 6.45) is 7.78. The minimum Gasteiger partial charge on any atom is -0.392 e. The largest absolute Gasteiger partial charge is 0.392 e. The number of aliphatic hydroxyl groups is 1. The summed E-state index contributed by atoms with van der Waals surface area (Å²) >= 11 is 0. The summed E-state index contributed by atoms with van der Waals surface area (Å²) in [6, 6.07) is 10.3. The van der Waals surface area contributed by atoms with Crippen molar-refractivity contribution in [3.05, 3.63) is 53.9 Å². The number of hydrogen-bond donors (Lipinski definition) is 3. The Hall–Kier alpha value is -1.61. The number of aliphatic imine (C=N–C) groups is 1. The highest BCUT2D eigenvalue weighted by molar-refractivity contribution is 14.0. The first-order valence-corrected chi connectivity index (χ1v) is 10.4. The highest BCUT2D eigenvalue weighted by atomic mass is 127. The molecule has 1 aliphatic carbocycles. The second-order valence-electron chi connectivity index (χ2n) is 7.94. The van der Waals surface area contributed by atoms with Gasteiger partial charge in [-0.3, -0.25) is 4.68 Å². The molecule has 160 valence electrons. The summed E-state index contributed by atoms with van der Waals surface area (Å²) in [5.74, 6) is 0.801. The molecule has 2 atom stereocenters. The Morgan fingerprint density at radius 2 is 2.03 bits per heavy atom. The normalized spacial score (nSPS) is 22.0. The summed E-state index contributed by atoms with van der Waals surface area (Å²) in [5.41, 5.74) is 2.33. The zero-order chi connectivity index (χ0) is 19.8. The predicted molar refractivity (Wildman–Crippen MR) is 129 cm³/mol. The minimum absolute atomic E-state index is 0. The number of nitrogens with zero attached hydrogens (tertiary/aromatic N) is 3. The van der Waals surface area contributed by atoms with Crippen LogP contribution in [0.3, 0.4) is 0 Å². The van der Waals surface area contributed by atoms with Gasteiger partial charge in [0.05, 0.1) is 19.2 Å². The van der Waals surface area contributed by atoms with Gasteiger partial charge in [0.1, 0.15) is 0 Å². The summed E-state index contributed by atoms with van der Waals surface area (Å²) in [7, 11) is 0. The molecule has 1 aromatic heterocycles. The van der Waals surface area contributed by atoms with Crippen molar-refractivity contribution in [1.29, 1.82) is 0 Å². The van der Waals surface area contributed by atoms with Crippen molar-refractivity contribution in [2.45, 2.75) is 58.7 Å². The van der Waals surface area contributed by atoms with E-state index in [1.54, 1.807) is 6.20 Å². The summed E-state index contributed by atoms with van der Waals surface area (Å²) in [5, 5.41) is 21.5. The Balaban J connectivity index is 0.00000300. The van der Waals surface area contributed by atoms with E-state index in [2.05, 4.69) is 53.8 Å². The van der Waals surface area contributed by atoms with Crippen LogP contribution in [0, 0.1) is 5.41 Å². The first kappa shape index (κ1) is 23.7. The topological polar surface area (TPSA) is 74.5 Å². The fraction of sp³-hybridized carbons (Fsp3) is 0.545. The Labute approximate surface area is 191 Å². The smallest absolute Gasteiger partial charge is 0.191 e. The fourth-order valence-electron chi connectivity index (χ4n) is 3.81. The molecule has 1 heterocycles. The number of rotatable bonds is 7. The van der Waals surface area contributed by atoms with Crippen molar-refractivity contribution in [1.82, 2.24) is 20.4 Å². The lowest BCUT2D eigenvalue weighted by Gasteiger charge is -2.38. The molecule has 3 N–H and O–H groups in total. The first-order valence-electron chi connectivity index (χ1n) is 10.4.